The molecule has 0 N–H and O–H groups in total. The van der Waals surface area contributed by atoms with Gasteiger partial charge in [0.05, 0.1) is 11.0 Å². The molecule has 0 saturated carbocycles. The first-order valence-corrected chi connectivity index (χ1v) is 6.35. The van der Waals surface area contributed by atoms with Crippen LogP contribution < -0.4 is 4.74 Å². The van der Waals surface area contributed by atoms with Crippen molar-refractivity contribution in [2.45, 2.75) is 26.9 Å². The Kier molecular flexibility index (Phi) is 5.67. The number of pyridine rings is 1. The molecule has 0 bridgehead atoms. The third kappa shape index (κ3) is 3.92. The Morgan fingerprint density at radius 1 is 1.24 bits per heavy atom. The molecule has 21 heavy (non-hydrogen) atoms. The van der Waals surface area contributed by atoms with Crippen molar-refractivity contribution in [2.24, 2.45) is 0 Å². The first-order valence-electron chi connectivity index (χ1n) is 6.35. The molecule has 0 aliphatic carbocycles. The lowest BCUT2D eigenvalue weighted by Gasteiger charge is -2.13. The van der Waals surface area contributed by atoms with Gasteiger partial charge in [-0.25, -0.2) is 0 Å². The lowest BCUT2D eigenvalue weighted by molar-refractivity contribution is -0.386. The third-order valence-corrected chi connectivity index (χ3v) is 2.86. The second kappa shape index (κ2) is 7.04. The number of hydrogen-bond donors (Lipinski definition) is 0. The van der Waals surface area contributed by atoms with E-state index in [9.17, 15) is 10.1 Å². The SMILES string of the molecule is Cc1cc([N+](=O)[O-])c(OC(C)C)cc1-c1ccncc1.Cl. The molecule has 0 amide bonds. The van der Waals surface area contributed by atoms with Gasteiger partial charge >= 0.3 is 5.69 Å². The minimum Gasteiger partial charge on any atom is -0.484 e. The number of halogens is 1. The highest BCUT2D eigenvalue weighted by atomic mass is 35.5. The summed E-state index contributed by atoms with van der Waals surface area (Å²) in [6, 6.07) is 7.01. The van der Waals surface area contributed by atoms with E-state index in [1.54, 1.807) is 24.5 Å². The second-order valence-electron chi connectivity index (χ2n) is 4.79. The predicted molar refractivity (Wildman–Crippen MR) is 84.1 cm³/mol. The molecule has 5 nitrogen and oxygen atoms in total. The maximum absolute atomic E-state index is 11.1. The highest BCUT2D eigenvalue weighted by Crippen LogP contribution is 2.35. The number of nitrogens with zero attached hydrogens (tertiary/aromatic N) is 2. The molecule has 2 rings (SSSR count). The monoisotopic (exact) mass is 308 g/mol. The third-order valence-electron chi connectivity index (χ3n) is 2.86. The summed E-state index contributed by atoms with van der Waals surface area (Å²) in [5, 5.41) is 11.1. The van der Waals surface area contributed by atoms with Crippen LogP contribution in [0, 0.1) is 17.0 Å². The Labute approximate surface area is 129 Å². The molecule has 1 aromatic carbocycles. The van der Waals surface area contributed by atoms with Crippen molar-refractivity contribution in [3.63, 3.8) is 0 Å². The van der Waals surface area contributed by atoms with Crippen LogP contribution in [0.3, 0.4) is 0 Å². The lowest BCUT2D eigenvalue weighted by atomic mass is 10.0. The fourth-order valence-electron chi connectivity index (χ4n) is 2.01. The van der Waals surface area contributed by atoms with Crippen LogP contribution >= 0.6 is 12.4 Å². The molecule has 1 heterocycles. The van der Waals surface area contributed by atoms with E-state index in [2.05, 4.69) is 4.98 Å². The summed E-state index contributed by atoms with van der Waals surface area (Å²) in [6.45, 7) is 5.54. The van der Waals surface area contributed by atoms with Crippen molar-refractivity contribution < 1.29 is 9.66 Å². The maximum atomic E-state index is 11.1. The fourth-order valence-corrected chi connectivity index (χ4v) is 2.01. The van der Waals surface area contributed by atoms with Gasteiger partial charge in [0.25, 0.3) is 0 Å². The topological polar surface area (TPSA) is 65.3 Å². The zero-order valence-corrected chi connectivity index (χ0v) is 12.9. The summed E-state index contributed by atoms with van der Waals surface area (Å²) in [4.78, 5) is 14.7. The van der Waals surface area contributed by atoms with Crippen LogP contribution in [0.4, 0.5) is 5.69 Å². The highest BCUT2D eigenvalue weighted by Gasteiger charge is 2.19. The van der Waals surface area contributed by atoms with Crippen LogP contribution in [0.1, 0.15) is 19.4 Å². The van der Waals surface area contributed by atoms with Gasteiger partial charge in [0.15, 0.2) is 5.75 Å². The lowest BCUT2D eigenvalue weighted by Crippen LogP contribution is -2.08. The maximum Gasteiger partial charge on any atom is 0.311 e. The molecule has 0 aliphatic rings. The van der Waals surface area contributed by atoms with Crippen LogP contribution in [0.25, 0.3) is 11.1 Å². The Bertz CT molecular complexity index is 630. The van der Waals surface area contributed by atoms with Crippen LogP contribution in [0.15, 0.2) is 36.7 Å². The summed E-state index contributed by atoms with van der Waals surface area (Å²) < 4.78 is 5.57. The molecule has 112 valence electrons. The van der Waals surface area contributed by atoms with Gasteiger partial charge in [-0.1, -0.05) is 0 Å². The van der Waals surface area contributed by atoms with E-state index in [-0.39, 0.29) is 24.2 Å². The smallest absolute Gasteiger partial charge is 0.311 e. The highest BCUT2D eigenvalue weighted by molar-refractivity contribution is 5.85. The largest absolute Gasteiger partial charge is 0.484 e. The van der Waals surface area contributed by atoms with Gasteiger partial charge in [0.2, 0.25) is 0 Å². The molecule has 1 aromatic heterocycles. The number of nitro groups is 1. The van der Waals surface area contributed by atoms with E-state index < -0.39 is 4.92 Å². The Morgan fingerprint density at radius 3 is 2.38 bits per heavy atom. The minimum absolute atomic E-state index is 0. The Morgan fingerprint density at radius 2 is 1.86 bits per heavy atom. The number of hydrogen-bond acceptors (Lipinski definition) is 4. The average Bonchev–Trinajstić information content (AvgIpc) is 2.40. The molecule has 0 aliphatic heterocycles. The molecule has 2 aromatic rings. The minimum atomic E-state index is -0.416. The van der Waals surface area contributed by atoms with Crippen LogP contribution in [0.2, 0.25) is 0 Å². The molecule has 0 saturated heterocycles. The van der Waals surface area contributed by atoms with Crippen molar-refractivity contribution in [2.75, 3.05) is 0 Å². The van der Waals surface area contributed by atoms with E-state index in [0.717, 1.165) is 16.7 Å². The molecular weight excluding hydrogens is 292 g/mol. The zero-order chi connectivity index (χ0) is 14.7. The number of benzene rings is 1. The Hall–Kier alpha value is -2.14. The van der Waals surface area contributed by atoms with E-state index in [1.165, 1.54) is 0 Å². The second-order valence-corrected chi connectivity index (χ2v) is 4.79. The van der Waals surface area contributed by atoms with E-state index >= 15 is 0 Å². The van der Waals surface area contributed by atoms with E-state index in [0.29, 0.717) is 5.75 Å². The number of aromatic nitrogens is 1. The normalized spacial score (nSPS) is 10.1. The van der Waals surface area contributed by atoms with E-state index in [4.69, 9.17) is 4.74 Å². The molecule has 0 spiro atoms. The molecule has 6 heteroatoms. The standard InChI is InChI=1S/C15H16N2O3.ClH/c1-10(2)20-15-9-13(12-4-6-16-7-5-12)11(3)8-14(15)17(18)19;/h4-10H,1-3H3;1H. The van der Waals surface area contributed by atoms with E-state index in [1.807, 2.05) is 32.9 Å². The van der Waals surface area contributed by atoms with Crippen molar-refractivity contribution in [1.29, 1.82) is 0 Å². The van der Waals surface area contributed by atoms with Gasteiger partial charge in [0, 0.05) is 18.5 Å². The average molecular weight is 309 g/mol. The van der Waals surface area contributed by atoms with Gasteiger partial charge in [-0.15, -0.1) is 12.4 Å². The summed E-state index contributed by atoms with van der Waals surface area (Å²) >= 11 is 0. The summed E-state index contributed by atoms with van der Waals surface area (Å²) in [7, 11) is 0. The summed E-state index contributed by atoms with van der Waals surface area (Å²) in [5.74, 6) is 0.294. The van der Waals surface area contributed by atoms with Crippen LogP contribution in [-0.4, -0.2) is 16.0 Å². The van der Waals surface area contributed by atoms with Gasteiger partial charge in [0.1, 0.15) is 0 Å². The van der Waals surface area contributed by atoms with Gasteiger partial charge in [-0.3, -0.25) is 15.1 Å². The predicted octanol–water partition coefficient (Wildman–Crippen LogP) is 4.17. The molecule has 0 fully saturated rings. The van der Waals surface area contributed by atoms with Gasteiger partial charge in [-0.05, 0) is 55.7 Å². The van der Waals surface area contributed by atoms with Crippen LogP contribution in [0.5, 0.6) is 5.75 Å². The summed E-state index contributed by atoms with van der Waals surface area (Å²) in [5.41, 5.74) is 2.70. The molecular formula is C15H17ClN2O3. The Balaban J connectivity index is 0.00000220. The van der Waals surface area contributed by atoms with Crippen molar-refractivity contribution in [1.82, 2.24) is 4.98 Å². The fraction of sp³-hybridized carbons (Fsp3) is 0.267. The van der Waals surface area contributed by atoms with Crippen molar-refractivity contribution >= 4 is 18.1 Å². The van der Waals surface area contributed by atoms with Crippen molar-refractivity contribution in [3.8, 4) is 16.9 Å². The quantitative estimate of drug-likeness (QED) is 0.628. The molecule has 0 unspecified atom stereocenters. The number of ether oxygens (including phenoxy) is 1. The zero-order valence-electron chi connectivity index (χ0n) is 12.1. The van der Waals surface area contributed by atoms with Gasteiger partial charge < -0.3 is 4.74 Å². The first kappa shape index (κ1) is 16.9. The van der Waals surface area contributed by atoms with Gasteiger partial charge in [-0.2, -0.15) is 0 Å². The molecule has 0 atom stereocenters. The van der Waals surface area contributed by atoms with Crippen molar-refractivity contribution in [3.05, 3.63) is 52.3 Å². The number of rotatable bonds is 4. The first-order chi connectivity index (χ1) is 9.49. The number of aryl methyl sites for hydroxylation is 1. The summed E-state index contributed by atoms with van der Waals surface area (Å²) in [6.07, 6.45) is 3.26. The molecule has 0 radical (unpaired) electrons. The van der Waals surface area contributed by atoms with Crippen LogP contribution in [-0.2, 0) is 0 Å². The number of nitro benzene ring substituents is 1.